The molecule has 0 radical (unpaired) electrons. The summed E-state index contributed by atoms with van der Waals surface area (Å²) in [5.41, 5.74) is 13.7. The summed E-state index contributed by atoms with van der Waals surface area (Å²) < 4.78 is 13.6. The van der Waals surface area contributed by atoms with Gasteiger partial charge in [-0.1, -0.05) is 93.6 Å². The lowest BCUT2D eigenvalue weighted by Crippen LogP contribution is -2.42. The number of anilines is 2. The number of carbonyl (C=O) groups excluding carboxylic acids is 2. The molecule has 5 atom stereocenters. The highest BCUT2D eigenvalue weighted by Gasteiger charge is 2.50. The van der Waals surface area contributed by atoms with Gasteiger partial charge in [-0.15, -0.1) is 0 Å². The zero-order valence-electron chi connectivity index (χ0n) is 32.4. The van der Waals surface area contributed by atoms with E-state index in [0.29, 0.717) is 41.2 Å². The number of nitrogens with zero attached hydrogens (tertiary/aromatic N) is 1. The standard InChI is InChI=1S/C46H56N4O5/c1-45(2)24-37-25-46(3,29-45)30-50(37)27-38-23-41(33-19-17-31(28-51)18-20-33)55-44(54-38)36-12-7-11-35(22-36)34-10-6-9-32(21-34)26-48-42(52)15-8-16-43(53)49-40-14-5-4-13-39(40)47/h4-7,9-14,17-22,37-38,41,44,51H,8,15-16,23-30,47H2,1-3H3,(H,48,52)(H,49,53)/t37?,38-,41+,44+,46?/m1/s1. The zero-order chi connectivity index (χ0) is 38.6. The molecule has 5 N–H and O–H groups in total. The van der Waals surface area contributed by atoms with Crippen molar-refractivity contribution in [1.82, 2.24) is 10.2 Å². The molecular formula is C46H56N4O5. The molecule has 2 unspecified atom stereocenters. The summed E-state index contributed by atoms with van der Waals surface area (Å²) in [5.74, 6) is -0.268. The van der Waals surface area contributed by atoms with Crippen molar-refractivity contribution in [2.75, 3.05) is 24.1 Å². The highest BCUT2D eigenvalue weighted by atomic mass is 16.7. The number of hydrogen-bond donors (Lipinski definition) is 4. The Balaban J connectivity index is 0.996. The van der Waals surface area contributed by atoms with E-state index in [9.17, 15) is 14.7 Å². The van der Waals surface area contributed by atoms with Crippen LogP contribution in [-0.4, -0.2) is 47.1 Å². The van der Waals surface area contributed by atoms with Gasteiger partial charge in [-0.2, -0.15) is 0 Å². The van der Waals surface area contributed by atoms with E-state index in [1.54, 1.807) is 12.1 Å². The number of aliphatic hydroxyl groups excluding tert-OH is 1. The number of nitrogens with one attached hydrogen (secondary N) is 2. The molecule has 9 nitrogen and oxygen atoms in total. The van der Waals surface area contributed by atoms with Crippen LogP contribution >= 0.6 is 0 Å². The molecule has 3 fully saturated rings. The molecule has 2 heterocycles. The Bertz CT molecular complexity index is 1960. The molecule has 2 amide bonds. The van der Waals surface area contributed by atoms with Crippen molar-refractivity contribution < 1.29 is 24.2 Å². The van der Waals surface area contributed by atoms with Crippen molar-refractivity contribution in [3.05, 3.63) is 119 Å². The molecule has 4 aromatic rings. The van der Waals surface area contributed by atoms with Crippen molar-refractivity contribution in [1.29, 1.82) is 0 Å². The Kier molecular flexibility index (Phi) is 11.7. The van der Waals surface area contributed by atoms with Gasteiger partial charge in [0.25, 0.3) is 0 Å². The highest BCUT2D eigenvalue weighted by molar-refractivity contribution is 5.94. The fourth-order valence-corrected chi connectivity index (χ4v) is 9.33. The largest absolute Gasteiger partial charge is 0.397 e. The molecule has 1 saturated carbocycles. The molecule has 2 bridgehead atoms. The average molecular weight is 745 g/mol. The Hall–Kier alpha value is -4.54. The second-order valence-electron chi connectivity index (χ2n) is 17.1. The number of hydrogen-bond acceptors (Lipinski definition) is 7. The second kappa shape index (κ2) is 16.7. The first-order valence-corrected chi connectivity index (χ1v) is 19.8. The summed E-state index contributed by atoms with van der Waals surface area (Å²) in [6.07, 6.45) is 4.75. The van der Waals surface area contributed by atoms with Gasteiger partial charge in [0.15, 0.2) is 6.29 Å². The maximum atomic E-state index is 12.7. The third-order valence-corrected chi connectivity index (χ3v) is 11.5. The van der Waals surface area contributed by atoms with Crippen LogP contribution in [0.4, 0.5) is 11.4 Å². The molecule has 290 valence electrons. The van der Waals surface area contributed by atoms with Crippen molar-refractivity contribution in [3.8, 4) is 11.1 Å². The topological polar surface area (TPSA) is 126 Å². The molecule has 9 heteroatoms. The van der Waals surface area contributed by atoms with E-state index in [4.69, 9.17) is 15.2 Å². The third kappa shape index (κ3) is 9.83. The number of rotatable bonds is 13. The van der Waals surface area contributed by atoms with Crippen LogP contribution in [0, 0.1) is 10.8 Å². The predicted molar refractivity (Wildman–Crippen MR) is 217 cm³/mol. The van der Waals surface area contributed by atoms with Gasteiger partial charge < -0.3 is 30.9 Å². The minimum Gasteiger partial charge on any atom is -0.397 e. The summed E-state index contributed by atoms with van der Waals surface area (Å²) in [7, 11) is 0. The first kappa shape index (κ1) is 38.7. The number of carbonyl (C=O) groups is 2. The van der Waals surface area contributed by atoms with Gasteiger partial charge in [0.05, 0.1) is 30.2 Å². The number of para-hydroxylation sites is 2. The van der Waals surface area contributed by atoms with Crippen molar-refractivity contribution in [2.45, 2.75) is 103 Å². The number of aliphatic hydroxyl groups is 1. The number of ether oxygens (including phenoxy) is 2. The van der Waals surface area contributed by atoms with Crippen LogP contribution in [0.15, 0.2) is 97.1 Å². The van der Waals surface area contributed by atoms with Gasteiger partial charge in [0.2, 0.25) is 11.8 Å². The smallest absolute Gasteiger partial charge is 0.224 e. The van der Waals surface area contributed by atoms with Crippen LogP contribution < -0.4 is 16.4 Å². The van der Waals surface area contributed by atoms with E-state index >= 15 is 0 Å². The number of benzene rings is 4. The molecule has 0 aromatic heterocycles. The van der Waals surface area contributed by atoms with E-state index in [2.05, 4.69) is 84.8 Å². The second-order valence-corrected chi connectivity index (χ2v) is 17.1. The Morgan fingerprint density at radius 2 is 1.58 bits per heavy atom. The number of nitrogens with two attached hydrogens (primary N) is 1. The SMILES string of the molecule is CC1(C)CC2CC(C)(CN2C[C@H]2C[C@@H](c3ccc(CO)cc3)O[C@@H](c3cccc(-c4cccc(CNC(=O)CCCC(=O)Nc5ccccc5N)c4)c3)O2)C1. The van der Waals surface area contributed by atoms with Gasteiger partial charge in [-0.05, 0) is 88.6 Å². The molecule has 1 aliphatic carbocycles. The first-order chi connectivity index (χ1) is 26.4. The number of likely N-dealkylation sites (tertiary alicyclic amines) is 1. The summed E-state index contributed by atoms with van der Waals surface area (Å²) in [6.45, 7) is 9.69. The number of fused-ring (bicyclic) bond motifs is 2. The van der Waals surface area contributed by atoms with Crippen LogP contribution in [-0.2, 0) is 32.2 Å². The number of amides is 2. The van der Waals surface area contributed by atoms with E-state index in [1.807, 2.05) is 36.4 Å². The normalized spacial score (nSPS) is 24.7. The van der Waals surface area contributed by atoms with Gasteiger partial charge in [0.1, 0.15) is 0 Å². The molecule has 0 spiro atoms. The van der Waals surface area contributed by atoms with E-state index in [-0.39, 0.29) is 43.5 Å². The summed E-state index contributed by atoms with van der Waals surface area (Å²) in [6, 6.07) is 32.4. The molecule has 2 aliphatic heterocycles. The first-order valence-electron chi connectivity index (χ1n) is 19.8. The summed E-state index contributed by atoms with van der Waals surface area (Å²) in [5, 5.41) is 15.5. The fraction of sp³-hybridized carbons (Fsp3) is 0.435. The van der Waals surface area contributed by atoms with Gasteiger partial charge in [-0.25, -0.2) is 0 Å². The molecule has 2 saturated heterocycles. The Morgan fingerprint density at radius 1 is 0.836 bits per heavy atom. The van der Waals surface area contributed by atoms with Crippen molar-refractivity contribution >= 4 is 23.2 Å². The fourth-order valence-electron chi connectivity index (χ4n) is 9.33. The van der Waals surface area contributed by atoms with Gasteiger partial charge in [-0.3, -0.25) is 14.5 Å². The monoisotopic (exact) mass is 744 g/mol. The van der Waals surface area contributed by atoms with Crippen LogP contribution in [0.5, 0.6) is 0 Å². The molecule has 4 aromatic carbocycles. The third-order valence-electron chi connectivity index (χ3n) is 11.5. The molecular weight excluding hydrogens is 689 g/mol. The van der Waals surface area contributed by atoms with E-state index in [0.717, 1.165) is 52.9 Å². The lowest BCUT2D eigenvalue weighted by Gasteiger charge is -2.41. The highest BCUT2D eigenvalue weighted by Crippen LogP contribution is 2.53. The lowest BCUT2D eigenvalue weighted by atomic mass is 9.65. The molecule has 55 heavy (non-hydrogen) atoms. The maximum absolute atomic E-state index is 12.7. The van der Waals surface area contributed by atoms with Gasteiger partial charge >= 0.3 is 0 Å². The average Bonchev–Trinajstić information content (AvgIpc) is 3.41. The number of nitrogen functional groups attached to an aromatic ring is 1. The summed E-state index contributed by atoms with van der Waals surface area (Å²) >= 11 is 0. The Morgan fingerprint density at radius 3 is 2.36 bits per heavy atom. The van der Waals surface area contributed by atoms with Crippen molar-refractivity contribution in [3.63, 3.8) is 0 Å². The zero-order valence-corrected chi connectivity index (χ0v) is 32.4. The molecule has 7 rings (SSSR count). The summed E-state index contributed by atoms with van der Waals surface area (Å²) in [4.78, 5) is 27.7. The van der Waals surface area contributed by atoms with Crippen LogP contribution in [0.1, 0.15) is 100 Å². The minimum atomic E-state index is -0.537. The predicted octanol–water partition coefficient (Wildman–Crippen LogP) is 8.30. The van der Waals surface area contributed by atoms with Crippen LogP contribution in [0.2, 0.25) is 0 Å². The maximum Gasteiger partial charge on any atom is 0.224 e. The molecule has 3 aliphatic rings. The lowest BCUT2D eigenvalue weighted by molar-refractivity contribution is -0.253. The minimum absolute atomic E-state index is 0.0000290. The van der Waals surface area contributed by atoms with E-state index < -0.39 is 6.29 Å². The van der Waals surface area contributed by atoms with E-state index in [1.165, 1.54) is 19.3 Å². The van der Waals surface area contributed by atoms with Crippen LogP contribution in [0.3, 0.4) is 0 Å². The quantitative estimate of drug-likeness (QED) is 0.102. The Labute approximate surface area is 325 Å². The van der Waals surface area contributed by atoms with Gasteiger partial charge in [0, 0.05) is 50.5 Å². The van der Waals surface area contributed by atoms with Crippen molar-refractivity contribution in [2.24, 2.45) is 10.8 Å². The van der Waals surface area contributed by atoms with Crippen LogP contribution in [0.25, 0.3) is 11.1 Å².